The van der Waals surface area contributed by atoms with Crippen molar-refractivity contribution in [3.05, 3.63) is 59.8 Å². The number of aryl methyl sites for hydroxylation is 1. The molecule has 1 aromatic heterocycles. The van der Waals surface area contributed by atoms with E-state index in [1.54, 1.807) is 41.2 Å². The Balaban J connectivity index is 1.33. The average Bonchev–Trinajstić information content (AvgIpc) is 3.32. The molecule has 2 heterocycles. The van der Waals surface area contributed by atoms with Crippen molar-refractivity contribution in [2.75, 3.05) is 36.9 Å². The summed E-state index contributed by atoms with van der Waals surface area (Å²) in [6.45, 7) is 2.71. The highest BCUT2D eigenvalue weighted by Crippen LogP contribution is 2.32. The second-order valence-electron chi connectivity index (χ2n) is 9.24. The van der Waals surface area contributed by atoms with Crippen LogP contribution in [0.15, 0.2) is 54.7 Å². The van der Waals surface area contributed by atoms with Gasteiger partial charge >= 0.3 is 12.0 Å². The van der Waals surface area contributed by atoms with E-state index in [-0.39, 0.29) is 12.1 Å². The van der Waals surface area contributed by atoms with Crippen molar-refractivity contribution >= 4 is 40.9 Å². The molecule has 2 aromatic carbocycles. The molecule has 3 amide bonds. The zero-order chi connectivity index (χ0) is 27.8. The van der Waals surface area contributed by atoms with Crippen LogP contribution in [-0.2, 0) is 16.6 Å². The summed E-state index contributed by atoms with van der Waals surface area (Å²) in [7, 11) is 1.84. The van der Waals surface area contributed by atoms with Crippen LogP contribution in [0.2, 0.25) is 5.02 Å². The van der Waals surface area contributed by atoms with Gasteiger partial charge in [-0.15, -0.1) is 0 Å². The van der Waals surface area contributed by atoms with Gasteiger partial charge in [0.05, 0.1) is 5.69 Å². The van der Waals surface area contributed by atoms with Gasteiger partial charge in [-0.1, -0.05) is 11.6 Å². The maximum absolute atomic E-state index is 12.5. The van der Waals surface area contributed by atoms with Crippen LogP contribution < -0.4 is 20.7 Å². The van der Waals surface area contributed by atoms with Gasteiger partial charge in [-0.25, -0.2) is 4.79 Å². The van der Waals surface area contributed by atoms with Gasteiger partial charge in [0, 0.05) is 60.9 Å². The molecule has 0 spiro atoms. The quantitative estimate of drug-likeness (QED) is 0.279. The van der Waals surface area contributed by atoms with Gasteiger partial charge in [0.2, 0.25) is 5.91 Å². The lowest BCUT2D eigenvalue weighted by Crippen LogP contribution is -2.45. The third-order valence-corrected chi connectivity index (χ3v) is 6.62. The Kier molecular flexibility index (Phi) is 9.40. The highest BCUT2D eigenvalue weighted by molar-refractivity contribution is 6.30. The maximum Gasteiger partial charge on any atom is 0.323 e. The van der Waals surface area contributed by atoms with E-state index in [1.165, 1.54) is 0 Å². The monoisotopic (exact) mass is 554 g/mol. The molecule has 0 aliphatic carbocycles. The van der Waals surface area contributed by atoms with E-state index < -0.39 is 18.3 Å². The van der Waals surface area contributed by atoms with Crippen LogP contribution >= 0.6 is 11.6 Å². The van der Waals surface area contributed by atoms with Crippen LogP contribution in [0.5, 0.6) is 5.75 Å². The molecule has 0 unspecified atom stereocenters. The van der Waals surface area contributed by atoms with Gasteiger partial charge in [0.15, 0.2) is 0 Å². The van der Waals surface area contributed by atoms with Crippen molar-refractivity contribution in [1.82, 2.24) is 20.0 Å². The number of ether oxygens (including phenoxy) is 1. The average molecular weight is 555 g/mol. The zero-order valence-electron chi connectivity index (χ0n) is 21.5. The highest BCUT2D eigenvalue weighted by Gasteiger charge is 2.21. The fraction of sp³-hybridized carbons (Fsp3) is 0.333. The predicted octanol–water partition coefficient (Wildman–Crippen LogP) is 3.82. The fourth-order valence-electron chi connectivity index (χ4n) is 4.40. The molecule has 4 N–H and O–H groups in total. The van der Waals surface area contributed by atoms with E-state index in [0.29, 0.717) is 35.3 Å². The molecule has 1 saturated heterocycles. The van der Waals surface area contributed by atoms with E-state index in [1.807, 2.05) is 25.2 Å². The molecule has 206 valence electrons. The largest absolute Gasteiger partial charge is 0.492 e. The minimum atomic E-state index is -1.13. The van der Waals surface area contributed by atoms with Crippen molar-refractivity contribution in [3.8, 4) is 17.0 Å². The van der Waals surface area contributed by atoms with Gasteiger partial charge in [-0.3, -0.25) is 19.2 Å². The van der Waals surface area contributed by atoms with Gasteiger partial charge in [0.25, 0.3) is 0 Å². The Labute approximate surface area is 231 Å². The minimum Gasteiger partial charge on any atom is -0.492 e. The Hall–Kier alpha value is -4.09. The van der Waals surface area contributed by atoms with Crippen LogP contribution in [0, 0.1) is 0 Å². The van der Waals surface area contributed by atoms with Crippen molar-refractivity contribution < 1.29 is 24.2 Å². The number of urea groups is 1. The SMILES string of the molecule is Cn1nccc1-c1cc(NC(=O)Nc2ccc(Cl)cc2)ccc1OCCN1CCC(NC(=O)CC(=O)O)CC1. The van der Waals surface area contributed by atoms with Crippen LogP contribution in [0.25, 0.3) is 11.3 Å². The number of aliphatic carboxylic acids is 1. The summed E-state index contributed by atoms with van der Waals surface area (Å²) in [6, 6.07) is 13.8. The lowest BCUT2D eigenvalue weighted by molar-refractivity contribution is -0.140. The summed E-state index contributed by atoms with van der Waals surface area (Å²) < 4.78 is 7.90. The van der Waals surface area contributed by atoms with E-state index in [4.69, 9.17) is 21.4 Å². The van der Waals surface area contributed by atoms with Crippen LogP contribution in [0.3, 0.4) is 0 Å². The molecular formula is C27H31ClN6O5. The first-order valence-corrected chi connectivity index (χ1v) is 13.0. The number of nitrogens with one attached hydrogen (secondary N) is 3. The molecule has 0 atom stereocenters. The second-order valence-corrected chi connectivity index (χ2v) is 9.68. The standard InChI is InChI=1S/C27H31ClN6O5/c1-33-23(8-11-29-33)22-16-21(32-27(38)31-19-4-2-18(28)3-5-19)6-7-24(22)39-15-14-34-12-9-20(10-13-34)30-25(35)17-26(36)37/h2-8,11,16,20H,9-10,12-15,17H2,1H3,(H,30,35)(H,36,37)(H2,31,32,38). The summed E-state index contributed by atoms with van der Waals surface area (Å²) >= 11 is 5.91. The van der Waals surface area contributed by atoms with Gasteiger partial charge < -0.3 is 25.8 Å². The summed E-state index contributed by atoms with van der Waals surface area (Å²) in [5.41, 5.74) is 2.84. The van der Waals surface area contributed by atoms with E-state index >= 15 is 0 Å². The fourth-order valence-corrected chi connectivity index (χ4v) is 4.53. The maximum atomic E-state index is 12.5. The molecule has 0 saturated carbocycles. The number of piperidine rings is 1. The third kappa shape index (κ3) is 8.20. The number of rotatable bonds is 10. The van der Waals surface area contributed by atoms with Crippen LogP contribution in [-0.4, -0.2) is 70.0 Å². The topological polar surface area (TPSA) is 138 Å². The molecule has 0 bridgehead atoms. The molecule has 12 heteroatoms. The number of nitrogens with zero attached hydrogens (tertiary/aromatic N) is 3. The lowest BCUT2D eigenvalue weighted by atomic mass is 10.0. The second kappa shape index (κ2) is 13.1. The molecule has 11 nitrogen and oxygen atoms in total. The smallest absolute Gasteiger partial charge is 0.323 e. The number of carbonyl (C=O) groups is 3. The number of amides is 3. The Bertz CT molecular complexity index is 1300. The minimum absolute atomic E-state index is 0.0117. The Morgan fingerprint density at radius 1 is 1.05 bits per heavy atom. The number of carbonyl (C=O) groups excluding carboxylic acids is 2. The van der Waals surface area contributed by atoms with E-state index in [2.05, 4.69) is 25.9 Å². The molecule has 4 rings (SSSR count). The van der Waals surface area contributed by atoms with Crippen molar-refractivity contribution in [2.24, 2.45) is 7.05 Å². The summed E-state index contributed by atoms with van der Waals surface area (Å²) in [4.78, 5) is 37.2. The zero-order valence-corrected chi connectivity index (χ0v) is 22.3. The molecule has 39 heavy (non-hydrogen) atoms. The van der Waals surface area contributed by atoms with Crippen molar-refractivity contribution in [1.29, 1.82) is 0 Å². The van der Waals surface area contributed by atoms with Gasteiger partial charge in [-0.2, -0.15) is 5.10 Å². The molecule has 0 radical (unpaired) electrons. The van der Waals surface area contributed by atoms with E-state index in [9.17, 15) is 14.4 Å². The van der Waals surface area contributed by atoms with E-state index in [0.717, 1.165) is 37.2 Å². The number of anilines is 2. The number of benzene rings is 2. The first kappa shape index (κ1) is 27.9. The molecular weight excluding hydrogens is 524 g/mol. The number of hydrogen-bond donors (Lipinski definition) is 4. The highest BCUT2D eigenvalue weighted by atomic mass is 35.5. The summed E-state index contributed by atoms with van der Waals surface area (Å²) in [5.74, 6) is -0.914. The first-order chi connectivity index (χ1) is 18.8. The third-order valence-electron chi connectivity index (χ3n) is 6.37. The number of hydrogen-bond acceptors (Lipinski definition) is 6. The van der Waals surface area contributed by atoms with Crippen molar-refractivity contribution in [3.63, 3.8) is 0 Å². The number of likely N-dealkylation sites (tertiary alicyclic amines) is 1. The Morgan fingerprint density at radius 2 is 1.74 bits per heavy atom. The normalized spacial score (nSPS) is 14.0. The number of halogens is 1. The Morgan fingerprint density at radius 3 is 2.41 bits per heavy atom. The predicted molar refractivity (Wildman–Crippen MR) is 148 cm³/mol. The number of carboxylic acids is 1. The molecule has 1 aliphatic heterocycles. The first-order valence-electron chi connectivity index (χ1n) is 12.6. The summed E-state index contributed by atoms with van der Waals surface area (Å²) in [5, 5.41) is 22.0. The number of carboxylic acid groups (broad SMARTS) is 1. The molecule has 1 aliphatic rings. The lowest BCUT2D eigenvalue weighted by Gasteiger charge is -2.32. The van der Waals surface area contributed by atoms with Gasteiger partial charge in [-0.05, 0) is 61.4 Å². The number of aromatic nitrogens is 2. The van der Waals surface area contributed by atoms with Crippen molar-refractivity contribution in [2.45, 2.75) is 25.3 Å². The van der Waals surface area contributed by atoms with Crippen LogP contribution in [0.4, 0.5) is 16.2 Å². The van der Waals surface area contributed by atoms with Gasteiger partial charge in [0.1, 0.15) is 18.8 Å². The molecule has 1 fully saturated rings. The summed E-state index contributed by atoms with van der Waals surface area (Å²) in [6.07, 6.45) is 2.70. The van der Waals surface area contributed by atoms with Crippen LogP contribution in [0.1, 0.15) is 19.3 Å². The molecule has 3 aromatic rings.